The van der Waals surface area contributed by atoms with E-state index in [1.807, 2.05) is 24.3 Å². The van der Waals surface area contributed by atoms with Gasteiger partial charge in [-0.2, -0.15) is 0 Å². The number of aromatic nitrogens is 4. The van der Waals surface area contributed by atoms with Crippen LogP contribution >= 0.6 is 23.2 Å². The second kappa shape index (κ2) is 6.80. The minimum atomic E-state index is -0.541. The van der Waals surface area contributed by atoms with Crippen molar-refractivity contribution in [2.75, 3.05) is 0 Å². The topological polar surface area (TPSA) is 82.5 Å². The van der Waals surface area contributed by atoms with E-state index in [2.05, 4.69) is 15.1 Å². The number of hydrogen-bond donors (Lipinski definition) is 0. The summed E-state index contributed by atoms with van der Waals surface area (Å²) in [5.74, 6) is 0.827. The molecule has 0 radical (unpaired) electrons. The number of halogens is 2. The summed E-state index contributed by atoms with van der Waals surface area (Å²) in [6.07, 6.45) is 1.52. The van der Waals surface area contributed by atoms with Gasteiger partial charge in [0.25, 0.3) is 0 Å². The van der Waals surface area contributed by atoms with Crippen LogP contribution in [0.2, 0.25) is 5.02 Å². The van der Waals surface area contributed by atoms with E-state index >= 15 is 0 Å². The Kier molecular flexibility index (Phi) is 4.03. The van der Waals surface area contributed by atoms with Gasteiger partial charge in [-0.3, -0.25) is 0 Å². The third-order valence-electron chi connectivity index (χ3n) is 5.33. The molecule has 152 valence electrons. The quantitative estimate of drug-likeness (QED) is 0.275. The second-order valence-electron chi connectivity index (χ2n) is 7.11. The van der Waals surface area contributed by atoms with Crippen molar-refractivity contribution in [1.29, 1.82) is 0 Å². The Labute approximate surface area is 184 Å². The van der Waals surface area contributed by atoms with Gasteiger partial charge in [-0.05, 0) is 29.8 Å². The first-order valence-electron chi connectivity index (χ1n) is 9.43. The van der Waals surface area contributed by atoms with E-state index < -0.39 is 11.5 Å². The highest BCUT2D eigenvalue weighted by molar-refractivity contribution is 6.30. The maximum absolute atomic E-state index is 13.2. The number of benzene rings is 2. The first kappa shape index (κ1) is 18.4. The van der Waals surface area contributed by atoms with Gasteiger partial charge >= 0.3 is 5.63 Å². The van der Waals surface area contributed by atoms with Gasteiger partial charge in [-0.15, -0.1) is 16.7 Å². The summed E-state index contributed by atoms with van der Waals surface area (Å²) in [5, 5.41) is 5.62. The zero-order chi connectivity index (χ0) is 21.1. The van der Waals surface area contributed by atoms with E-state index in [4.69, 9.17) is 32.4 Å². The number of hydrogen-bond acceptors (Lipinski definition) is 6. The van der Waals surface area contributed by atoms with Gasteiger partial charge in [0.1, 0.15) is 11.9 Å². The van der Waals surface area contributed by atoms with Crippen LogP contribution in [-0.4, -0.2) is 19.6 Å². The van der Waals surface area contributed by atoms with Crippen LogP contribution < -0.4 is 10.4 Å². The molecular formula is C22H12Cl2N4O3. The number of rotatable bonds is 2. The highest BCUT2D eigenvalue weighted by atomic mass is 35.5. The number of para-hydroxylation sites is 1. The standard InChI is InChI=1S/C22H12Cl2N4O3/c23-9-15-26-20-18-16(11-5-7-12(24)8-6-11)17-19(31-21(18)25-10-28(20)27-15)13-3-1-2-4-14(13)30-22(17)29/h1-8,10,16H,9H2. The lowest BCUT2D eigenvalue weighted by Crippen LogP contribution is -2.22. The van der Waals surface area contributed by atoms with Gasteiger partial charge in [0.05, 0.1) is 28.3 Å². The van der Waals surface area contributed by atoms with Gasteiger partial charge in [-0.1, -0.05) is 35.9 Å². The molecule has 7 nitrogen and oxygen atoms in total. The average molecular weight is 451 g/mol. The molecule has 31 heavy (non-hydrogen) atoms. The van der Waals surface area contributed by atoms with Crippen molar-refractivity contribution >= 4 is 39.8 Å². The molecule has 0 saturated heterocycles. The molecular weight excluding hydrogens is 439 g/mol. The fraction of sp³-hybridized carbons (Fsp3) is 0.0909. The number of nitrogens with zero attached hydrogens (tertiary/aromatic N) is 4. The van der Waals surface area contributed by atoms with Crippen LogP contribution in [0.5, 0.6) is 11.6 Å². The minimum absolute atomic E-state index is 0.145. The Balaban J connectivity index is 1.74. The third kappa shape index (κ3) is 2.74. The molecule has 6 rings (SSSR count). The predicted octanol–water partition coefficient (Wildman–Crippen LogP) is 4.91. The second-order valence-corrected chi connectivity index (χ2v) is 7.81. The van der Waals surface area contributed by atoms with Crippen molar-refractivity contribution in [3.05, 3.63) is 92.8 Å². The normalized spacial score (nSPS) is 15.0. The summed E-state index contributed by atoms with van der Waals surface area (Å²) in [6, 6.07) is 14.5. The van der Waals surface area contributed by atoms with Crippen molar-refractivity contribution in [2.24, 2.45) is 0 Å². The summed E-state index contributed by atoms with van der Waals surface area (Å²) in [5.41, 5.74) is 2.28. The maximum atomic E-state index is 13.2. The fourth-order valence-electron chi connectivity index (χ4n) is 4.02. The number of ether oxygens (including phenoxy) is 1. The van der Waals surface area contributed by atoms with Gasteiger partial charge in [0.15, 0.2) is 17.2 Å². The number of fused-ring (bicyclic) bond motifs is 6. The monoisotopic (exact) mass is 450 g/mol. The van der Waals surface area contributed by atoms with Crippen molar-refractivity contribution in [1.82, 2.24) is 19.6 Å². The molecule has 9 heteroatoms. The average Bonchev–Trinajstić information content (AvgIpc) is 3.22. The molecule has 1 aliphatic heterocycles. The maximum Gasteiger partial charge on any atom is 0.344 e. The summed E-state index contributed by atoms with van der Waals surface area (Å²) in [4.78, 5) is 22.2. The van der Waals surface area contributed by atoms with Gasteiger partial charge in [0, 0.05) is 5.02 Å². The van der Waals surface area contributed by atoms with E-state index in [0.29, 0.717) is 50.2 Å². The van der Waals surface area contributed by atoms with Crippen LogP contribution in [0.25, 0.3) is 16.6 Å². The predicted molar refractivity (Wildman–Crippen MR) is 115 cm³/mol. The number of alkyl halides is 1. The Bertz CT molecular complexity index is 1540. The van der Waals surface area contributed by atoms with Crippen LogP contribution in [0, 0.1) is 0 Å². The highest BCUT2D eigenvalue weighted by Crippen LogP contribution is 2.48. The van der Waals surface area contributed by atoms with Gasteiger partial charge in [0.2, 0.25) is 5.88 Å². The van der Waals surface area contributed by atoms with E-state index in [9.17, 15) is 4.79 Å². The first-order chi connectivity index (χ1) is 15.1. The molecule has 1 unspecified atom stereocenters. The molecule has 0 bridgehead atoms. The minimum Gasteiger partial charge on any atom is -0.437 e. The van der Waals surface area contributed by atoms with Crippen LogP contribution in [0.15, 0.2) is 64.1 Å². The molecule has 4 heterocycles. The van der Waals surface area contributed by atoms with Gasteiger partial charge < -0.3 is 9.15 Å². The molecule has 0 N–H and O–H groups in total. The zero-order valence-corrected chi connectivity index (χ0v) is 17.3. The molecule has 3 aromatic heterocycles. The summed E-state index contributed by atoms with van der Waals surface area (Å²) >= 11 is 12.1. The van der Waals surface area contributed by atoms with Crippen LogP contribution in [0.4, 0.5) is 0 Å². The van der Waals surface area contributed by atoms with Crippen LogP contribution in [0.1, 0.15) is 28.4 Å². The molecule has 2 aromatic carbocycles. The van der Waals surface area contributed by atoms with Crippen molar-refractivity contribution in [3.8, 4) is 11.6 Å². The molecule has 0 spiro atoms. The lowest BCUT2D eigenvalue weighted by molar-refractivity contribution is 0.422. The van der Waals surface area contributed by atoms with Crippen molar-refractivity contribution < 1.29 is 9.15 Å². The Morgan fingerprint density at radius 1 is 1.06 bits per heavy atom. The first-order valence-corrected chi connectivity index (χ1v) is 10.3. The van der Waals surface area contributed by atoms with E-state index in [1.54, 1.807) is 24.3 Å². The molecule has 1 atom stereocenters. The van der Waals surface area contributed by atoms with Crippen LogP contribution in [-0.2, 0) is 5.88 Å². The summed E-state index contributed by atoms with van der Waals surface area (Å²) in [6.45, 7) is 0. The van der Waals surface area contributed by atoms with Gasteiger partial charge in [-0.25, -0.2) is 19.3 Å². The summed E-state index contributed by atoms with van der Waals surface area (Å²) < 4.78 is 13.4. The van der Waals surface area contributed by atoms with Crippen LogP contribution in [0.3, 0.4) is 0 Å². The molecule has 5 aromatic rings. The van der Waals surface area contributed by atoms with Crippen molar-refractivity contribution in [3.63, 3.8) is 0 Å². The van der Waals surface area contributed by atoms with E-state index in [1.165, 1.54) is 10.8 Å². The molecule has 1 aliphatic rings. The smallest absolute Gasteiger partial charge is 0.344 e. The van der Waals surface area contributed by atoms with Crippen molar-refractivity contribution in [2.45, 2.75) is 11.8 Å². The fourth-order valence-corrected chi connectivity index (χ4v) is 4.26. The molecule has 0 fully saturated rings. The third-order valence-corrected chi connectivity index (χ3v) is 5.82. The largest absolute Gasteiger partial charge is 0.437 e. The summed E-state index contributed by atoms with van der Waals surface area (Å²) in [7, 11) is 0. The lowest BCUT2D eigenvalue weighted by atomic mass is 9.84. The zero-order valence-electron chi connectivity index (χ0n) is 15.8. The Morgan fingerprint density at radius 3 is 2.68 bits per heavy atom. The lowest BCUT2D eigenvalue weighted by Gasteiger charge is -2.27. The van der Waals surface area contributed by atoms with E-state index in [-0.39, 0.29) is 5.88 Å². The van der Waals surface area contributed by atoms with E-state index in [0.717, 1.165) is 5.56 Å². The molecule has 0 amide bonds. The Morgan fingerprint density at radius 2 is 1.87 bits per heavy atom. The Hall–Kier alpha value is -3.42. The molecule has 0 aliphatic carbocycles. The highest BCUT2D eigenvalue weighted by Gasteiger charge is 2.37. The molecule has 0 saturated carbocycles. The SMILES string of the molecule is O=c1oc2ccccc2c2c1C(c1ccc(Cl)cc1)c1c(ncn3nc(CCl)nc13)O2.